The van der Waals surface area contributed by atoms with Gasteiger partial charge in [-0.1, -0.05) is 18.2 Å². The lowest BCUT2D eigenvalue weighted by Crippen LogP contribution is -2.43. The Morgan fingerprint density at radius 3 is 2.44 bits per heavy atom. The molecule has 2 heterocycles. The molecule has 0 amide bonds. The first-order chi connectivity index (χ1) is 17.1. The SMILES string of the molecule is CS(=O)(=O)Nc1cc([C@H](O)CNC2CCN(c3ccc(Cn4oc(=O)[nH]c4=O)cc3)CC2)ccc1O. The van der Waals surface area contributed by atoms with Crippen LogP contribution in [0.15, 0.2) is 56.6 Å². The van der Waals surface area contributed by atoms with Gasteiger partial charge in [-0.3, -0.25) is 4.72 Å². The van der Waals surface area contributed by atoms with Crippen LogP contribution in [-0.2, 0) is 16.6 Å². The van der Waals surface area contributed by atoms with Gasteiger partial charge in [-0.15, -0.1) is 4.74 Å². The molecule has 13 heteroatoms. The molecule has 4 rings (SSSR count). The zero-order valence-corrected chi connectivity index (χ0v) is 20.5. The fourth-order valence-electron chi connectivity index (χ4n) is 4.18. The number of nitrogens with one attached hydrogen (secondary N) is 3. The Hall–Kier alpha value is -3.55. The number of piperidine rings is 1. The Labute approximate surface area is 207 Å². The summed E-state index contributed by atoms with van der Waals surface area (Å²) in [6, 6.07) is 12.3. The zero-order chi connectivity index (χ0) is 25.9. The van der Waals surface area contributed by atoms with E-state index in [1.165, 1.54) is 12.1 Å². The van der Waals surface area contributed by atoms with Crippen molar-refractivity contribution in [2.75, 3.05) is 35.5 Å². The number of hydrogen-bond acceptors (Lipinski definition) is 9. The number of aromatic hydroxyl groups is 1. The number of sulfonamides is 1. The monoisotopic (exact) mass is 519 g/mol. The normalized spacial score (nSPS) is 15.7. The molecule has 36 heavy (non-hydrogen) atoms. The van der Waals surface area contributed by atoms with E-state index in [0.29, 0.717) is 5.56 Å². The summed E-state index contributed by atoms with van der Waals surface area (Å²) in [7, 11) is -3.56. The van der Waals surface area contributed by atoms with Crippen molar-refractivity contribution in [2.24, 2.45) is 0 Å². The van der Waals surface area contributed by atoms with Gasteiger partial charge in [-0.2, -0.15) is 0 Å². The number of hydrogen-bond donors (Lipinski definition) is 5. The minimum atomic E-state index is -3.56. The second kappa shape index (κ2) is 10.6. The van der Waals surface area contributed by atoms with E-state index < -0.39 is 27.6 Å². The summed E-state index contributed by atoms with van der Waals surface area (Å²) < 4.78 is 31.0. The third-order valence-corrected chi connectivity index (χ3v) is 6.64. The molecule has 0 bridgehead atoms. The average molecular weight is 520 g/mol. The molecule has 1 saturated heterocycles. The number of aliphatic hydroxyl groups is 1. The number of aliphatic hydroxyl groups excluding tert-OH is 1. The van der Waals surface area contributed by atoms with Crippen LogP contribution in [0, 0.1) is 0 Å². The van der Waals surface area contributed by atoms with E-state index in [9.17, 15) is 28.2 Å². The van der Waals surface area contributed by atoms with Gasteiger partial charge in [-0.25, -0.2) is 23.0 Å². The van der Waals surface area contributed by atoms with Crippen LogP contribution in [0.3, 0.4) is 0 Å². The van der Waals surface area contributed by atoms with Crippen molar-refractivity contribution in [1.29, 1.82) is 0 Å². The van der Waals surface area contributed by atoms with E-state index in [1.807, 2.05) is 24.3 Å². The molecule has 3 aromatic rings. The lowest BCUT2D eigenvalue weighted by atomic mass is 10.0. The molecule has 2 aromatic carbocycles. The molecular weight excluding hydrogens is 490 g/mol. The van der Waals surface area contributed by atoms with Gasteiger partial charge >= 0.3 is 11.4 Å². The highest BCUT2D eigenvalue weighted by atomic mass is 32.2. The summed E-state index contributed by atoms with van der Waals surface area (Å²) in [5.41, 5.74) is 1.82. The van der Waals surface area contributed by atoms with Crippen molar-refractivity contribution >= 4 is 21.4 Å². The van der Waals surface area contributed by atoms with E-state index in [4.69, 9.17) is 4.52 Å². The van der Waals surface area contributed by atoms with Gasteiger partial charge in [-0.05, 0) is 48.2 Å². The molecule has 0 spiro atoms. The highest BCUT2D eigenvalue weighted by Gasteiger charge is 2.21. The van der Waals surface area contributed by atoms with Crippen molar-refractivity contribution in [2.45, 2.75) is 31.5 Å². The lowest BCUT2D eigenvalue weighted by molar-refractivity contribution is 0.167. The second-order valence-corrected chi connectivity index (χ2v) is 10.6. The number of nitrogens with zero attached hydrogens (tertiary/aromatic N) is 2. The van der Waals surface area contributed by atoms with Gasteiger partial charge in [0.2, 0.25) is 10.0 Å². The standard InChI is InChI=1S/C23H29N5O7S/c1-36(33,34)26-19-12-16(4-7-20(19)29)21(30)13-24-17-8-10-27(11-9-17)18-5-2-15(3-6-18)14-28-22(31)25-23(32)35-28/h2-7,12,17,21,24,26,29-30H,8-11,13-14H2,1H3,(H,25,31,32)/t21-/m1/s1. The van der Waals surface area contributed by atoms with Crippen molar-refractivity contribution < 1.29 is 23.2 Å². The number of benzene rings is 2. The topological polar surface area (TPSA) is 170 Å². The van der Waals surface area contributed by atoms with Gasteiger partial charge in [0.15, 0.2) is 0 Å². The molecule has 1 aliphatic heterocycles. The number of rotatable bonds is 9. The first kappa shape index (κ1) is 25.5. The van der Waals surface area contributed by atoms with Crippen LogP contribution in [0.25, 0.3) is 0 Å². The van der Waals surface area contributed by atoms with E-state index >= 15 is 0 Å². The summed E-state index contributed by atoms with van der Waals surface area (Å²) >= 11 is 0. The molecule has 0 radical (unpaired) electrons. The summed E-state index contributed by atoms with van der Waals surface area (Å²) in [4.78, 5) is 27.0. The van der Waals surface area contributed by atoms with Crippen LogP contribution in [0.1, 0.15) is 30.1 Å². The summed E-state index contributed by atoms with van der Waals surface area (Å²) in [5, 5.41) is 23.8. The van der Waals surface area contributed by atoms with E-state index in [-0.39, 0.29) is 30.6 Å². The number of anilines is 2. The molecule has 1 aromatic heterocycles. The molecule has 194 valence electrons. The zero-order valence-electron chi connectivity index (χ0n) is 19.7. The Balaban J connectivity index is 1.27. The third-order valence-electron chi connectivity index (χ3n) is 6.05. The van der Waals surface area contributed by atoms with Crippen LogP contribution in [0.2, 0.25) is 0 Å². The lowest BCUT2D eigenvalue weighted by Gasteiger charge is -2.34. The van der Waals surface area contributed by atoms with Gasteiger partial charge < -0.3 is 25.0 Å². The quantitative estimate of drug-likeness (QED) is 0.253. The van der Waals surface area contributed by atoms with Crippen molar-refractivity contribution in [3.8, 4) is 5.75 Å². The average Bonchev–Trinajstić information content (AvgIpc) is 3.15. The predicted molar refractivity (Wildman–Crippen MR) is 134 cm³/mol. The van der Waals surface area contributed by atoms with E-state index in [0.717, 1.165) is 48.2 Å². The Bertz CT molecular complexity index is 1400. The van der Waals surface area contributed by atoms with Crippen LogP contribution in [-0.4, -0.2) is 60.3 Å². The Kier molecular flexibility index (Phi) is 7.52. The minimum absolute atomic E-state index is 0.0260. The van der Waals surface area contributed by atoms with Crippen molar-refractivity contribution in [3.05, 3.63) is 74.6 Å². The molecule has 5 N–H and O–H groups in total. The Morgan fingerprint density at radius 2 is 1.83 bits per heavy atom. The summed E-state index contributed by atoms with van der Waals surface area (Å²) in [6.07, 6.45) is 1.86. The maximum atomic E-state index is 11.6. The molecular formula is C23H29N5O7S. The third kappa shape index (κ3) is 6.56. The highest BCUT2D eigenvalue weighted by Crippen LogP contribution is 2.28. The molecule has 1 atom stereocenters. The summed E-state index contributed by atoms with van der Waals surface area (Å²) in [6.45, 7) is 2.10. The second-order valence-electron chi connectivity index (χ2n) is 8.85. The van der Waals surface area contributed by atoms with Gasteiger partial charge in [0.25, 0.3) is 0 Å². The molecule has 12 nitrogen and oxygen atoms in total. The van der Waals surface area contributed by atoms with E-state index in [2.05, 4.69) is 19.9 Å². The summed E-state index contributed by atoms with van der Waals surface area (Å²) in [5.74, 6) is -0.993. The molecule has 1 aliphatic rings. The first-order valence-electron chi connectivity index (χ1n) is 11.4. The highest BCUT2D eigenvalue weighted by molar-refractivity contribution is 7.92. The van der Waals surface area contributed by atoms with Crippen LogP contribution < -0.4 is 26.4 Å². The number of phenolic OH excluding ortho intramolecular Hbond substituents is 1. The molecule has 0 saturated carbocycles. The fraction of sp³-hybridized carbons (Fsp3) is 0.391. The number of aromatic amines is 1. The number of H-pyrrole nitrogens is 1. The molecule has 0 unspecified atom stereocenters. The predicted octanol–water partition coefficient (Wildman–Crippen LogP) is 0.547. The van der Waals surface area contributed by atoms with Gasteiger partial charge in [0.05, 0.1) is 24.6 Å². The van der Waals surface area contributed by atoms with E-state index in [1.54, 1.807) is 6.07 Å². The van der Waals surface area contributed by atoms with Crippen molar-refractivity contribution in [3.63, 3.8) is 0 Å². The molecule has 0 aliphatic carbocycles. The fourth-order valence-corrected chi connectivity index (χ4v) is 4.74. The molecule has 1 fully saturated rings. The van der Waals surface area contributed by atoms with Crippen molar-refractivity contribution in [1.82, 2.24) is 15.0 Å². The first-order valence-corrected chi connectivity index (χ1v) is 13.3. The maximum absolute atomic E-state index is 11.6. The largest absolute Gasteiger partial charge is 0.506 e. The van der Waals surface area contributed by atoms with Crippen LogP contribution >= 0.6 is 0 Å². The van der Waals surface area contributed by atoms with Crippen LogP contribution in [0.5, 0.6) is 5.75 Å². The Morgan fingerprint density at radius 1 is 1.14 bits per heavy atom. The number of phenols is 1. The number of aromatic nitrogens is 2. The maximum Gasteiger partial charge on any atom is 0.440 e. The smallest absolute Gasteiger partial charge is 0.440 e. The van der Waals surface area contributed by atoms with Crippen LogP contribution in [0.4, 0.5) is 11.4 Å². The van der Waals surface area contributed by atoms with Gasteiger partial charge in [0, 0.05) is 31.4 Å². The van der Waals surface area contributed by atoms with Gasteiger partial charge in [0.1, 0.15) is 5.75 Å². The minimum Gasteiger partial charge on any atom is -0.506 e.